The van der Waals surface area contributed by atoms with Crippen LogP contribution in [0.4, 0.5) is 0 Å². The summed E-state index contributed by atoms with van der Waals surface area (Å²) in [6, 6.07) is 5.33. The number of aryl methyl sites for hydroxylation is 2. The minimum absolute atomic E-state index is 0.00375. The van der Waals surface area contributed by atoms with Crippen LogP contribution in [0.2, 0.25) is 10.0 Å². The predicted molar refractivity (Wildman–Crippen MR) is 107 cm³/mol. The monoisotopic (exact) mass is 405 g/mol. The SMILES string of the molecule is CCc1nn2c(-c3ccc(Cl)cc3Cl)c(C)oc2c1C(=O)N1CCCCC1. The zero-order valence-corrected chi connectivity index (χ0v) is 16.9. The summed E-state index contributed by atoms with van der Waals surface area (Å²) < 4.78 is 7.73. The van der Waals surface area contributed by atoms with Gasteiger partial charge >= 0.3 is 0 Å². The highest BCUT2D eigenvalue weighted by atomic mass is 35.5. The van der Waals surface area contributed by atoms with Crippen molar-refractivity contribution >= 4 is 34.8 Å². The van der Waals surface area contributed by atoms with Crippen molar-refractivity contribution in [3.05, 3.63) is 45.3 Å². The third kappa shape index (κ3) is 3.13. The van der Waals surface area contributed by atoms with Gasteiger partial charge in [0.2, 0.25) is 5.71 Å². The Morgan fingerprint density at radius 3 is 2.63 bits per heavy atom. The fraction of sp³-hybridized carbons (Fsp3) is 0.400. The third-order valence-corrected chi connectivity index (χ3v) is 5.64. The van der Waals surface area contributed by atoms with Crippen molar-refractivity contribution in [2.24, 2.45) is 0 Å². The number of rotatable bonds is 3. The number of aromatic nitrogens is 2. The topological polar surface area (TPSA) is 50.8 Å². The largest absolute Gasteiger partial charge is 0.440 e. The first-order valence-corrected chi connectivity index (χ1v) is 10.0. The summed E-state index contributed by atoms with van der Waals surface area (Å²) in [7, 11) is 0. The lowest BCUT2D eigenvalue weighted by molar-refractivity contribution is 0.0724. The van der Waals surface area contributed by atoms with Crippen LogP contribution in [0, 0.1) is 6.92 Å². The fourth-order valence-electron chi connectivity index (χ4n) is 3.74. The number of nitrogens with zero attached hydrogens (tertiary/aromatic N) is 3. The molecule has 0 N–H and O–H groups in total. The molecule has 1 fully saturated rings. The van der Waals surface area contributed by atoms with E-state index in [1.54, 1.807) is 16.6 Å². The molecular formula is C20H21Cl2N3O2. The molecule has 0 saturated carbocycles. The smallest absolute Gasteiger partial charge is 0.261 e. The van der Waals surface area contributed by atoms with Crippen molar-refractivity contribution in [3.8, 4) is 11.3 Å². The molecule has 7 heteroatoms. The number of piperidine rings is 1. The van der Waals surface area contributed by atoms with Crippen LogP contribution in [0.1, 0.15) is 48.0 Å². The number of fused-ring (bicyclic) bond motifs is 1. The molecule has 0 bridgehead atoms. The molecule has 27 heavy (non-hydrogen) atoms. The van der Waals surface area contributed by atoms with Crippen LogP contribution in [0.3, 0.4) is 0 Å². The molecule has 0 radical (unpaired) electrons. The second kappa shape index (κ2) is 7.21. The summed E-state index contributed by atoms with van der Waals surface area (Å²) in [5.74, 6) is 0.668. The van der Waals surface area contributed by atoms with Crippen LogP contribution in [-0.2, 0) is 6.42 Å². The molecule has 4 rings (SSSR count). The van der Waals surface area contributed by atoms with Crippen LogP contribution < -0.4 is 0 Å². The van der Waals surface area contributed by atoms with Crippen LogP contribution in [0.25, 0.3) is 17.0 Å². The zero-order valence-electron chi connectivity index (χ0n) is 15.4. The van der Waals surface area contributed by atoms with E-state index >= 15 is 0 Å². The highest BCUT2D eigenvalue weighted by Gasteiger charge is 2.29. The van der Waals surface area contributed by atoms with Crippen LogP contribution in [-0.4, -0.2) is 33.5 Å². The molecule has 142 valence electrons. The maximum absolute atomic E-state index is 13.2. The Bertz CT molecular complexity index is 1020. The van der Waals surface area contributed by atoms with Crippen molar-refractivity contribution < 1.29 is 9.21 Å². The molecule has 0 aliphatic carbocycles. The van der Waals surface area contributed by atoms with Gasteiger partial charge in [-0.1, -0.05) is 30.1 Å². The second-order valence-electron chi connectivity index (χ2n) is 6.88. The van der Waals surface area contributed by atoms with Crippen molar-refractivity contribution in [2.75, 3.05) is 13.1 Å². The van der Waals surface area contributed by atoms with Crippen LogP contribution in [0.15, 0.2) is 22.6 Å². The first-order valence-electron chi connectivity index (χ1n) is 9.27. The molecule has 1 aromatic carbocycles. The minimum atomic E-state index is 0.00375. The Hall–Kier alpha value is -1.98. The maximum Gasteiger partial charge on any atom is 0.261 e. The van der Waals surface area contributed by atoms with E-state index in [0.29, 0.717) is 33.5 Å². The summed E-state index contributed by atoms with van der Waals surface area (Å²) in [5, 5.41) is 5.78. The van der Waals surface area contributed by atoms with Crippen molar-refractivity contribution in [1.82, 2.24) is 14.5 Å². The van der Waals surface area contributed by atoms with Gasteiger partial charge in [0, 0.05) is 23.7 Å². The van der Waals surface area contributed by atoms with Gasteiger partial charge in [-0.15, -0.1) is 0 Å². The molecule has 1 saturated heterocycles. The highest BCUT2D eigenvalue weighted by Crippen LogP contribution is 2.36. The van der Waals surface area contributed by atoms with Crippen LogP contribution >= 0.6 is 23.2 Å². The summed E-state index contributed by atoms with van der Waals surface area (Å²) >= 11 is 12.5. The second-order valence-corrected chi connectivity index (χ2v) is 7.72. The molecular weight excluding hydrogens is 385 g/mol. The van der Waals surface area contributed by atoms with E-state index in [0.717, 1.165) is 42.9 Å². The van der Waals surface area contributed by atoms with Crippen molar-refractivity contribution in [3.63, 3.8) is 0 Å². The average molecular weight is 406 g/mol. The summed E-state index contributed by atoms with van der Waals surface area (Å²) in [6.45, 7) is 5.43. The molecule has 0 unspecified atom stereocenters. The molecule has 0 atom stereocenters. The lowest BCUT2D eigenvalue weighted by Gasteiger charge is -2.26. The molecule has 1 aliphatic rings. The number of halogens is 2. The van der Waals surface area contributed by atoms with Crippen LogP contribution in [0.5, 0.6) is 0 Å². The molecule has 0 spiro atoms. The lowest BCUT2D eigenvalue weighted by Crippen LogP contribution is -2.36. The number of carbonyl (C=O) groups excluding carboxylic acids is 1. The zero-order chi connectivity index (χ0) is 19.1. The molecule has 3 aromatic rings. The quantitative estimate of drug-likeness (QED) is 0.585. The van der Waals surface area contributed by atoms with E-state index in [1.807, 2.05) is 24.8 Å². The Labute approximate surface area is 167 Å². The minimum Gasteiger partial charge on any atom is -0.440 e. The Kier molecular flexibility index (Phi) is 4.91. The number of hydrogen-bond donors (Lipinski definition) is 0. The normalized spacial score (nSPS) is 14.9. The van der Waals surface area contributed by atoms with Crippen molar-refractivity contribution in [1.29, 1.82) is 0 Å². The van der Waals surface area contributed by atoms with E-state index in [4.69, 9.17) is 32.7 Å². The van der Waals surface area contributed by atoms with E-state index in [9.17, 15) is 4.79 Å². The number of benzene rings is 1. The van der Waals surface area contributed by atoms with Gasteiger partial charge in [-0.05, 0) is 50.8 Å². The summed E-state index contributed by atoms with van der Waals surface area (Å²) in [6.07, 6.45) is 3.91. The van der Waals surface area contributed by atoms with Gasteiger partial charge in [-0.25, -0.2) is 0 Å². The van der Waals surface area contributed by atoms with Crippen molar-refractivity contribution in [2.45, 2.75) is 39.5 Å². The Morgan fingerprint density at radius 1 is 1.22 bits per heavy atom. The molecule has 1 aliphatic heterocycles. The van der Waals surface area contributed by atoms with Gasteiger partial charge in [0.25, 0.3) is 5.91 Å². The third-order valence-electron chi connectivity index (χ3n) is 5.09. The summed E-state index contributed by atoms with van der Waals surface area (Å²) in [5.41, 5.74) is 3.33. The highest BCUT2D eigenvalue weighted by molar-refractivity contribution is 6.36. The average Bonchev–Trinajstić information content (AvgIpc) is 3.16. The number of hydrogen-bond acceptors (Lipinski definition) is 3. The number of oxazole rings is 1. The van der Waals surface area contributed by atoms with Gasteiger partial charge in [0.05, 0.1) is 10.7 Å². The van der Waals surface area contributed by atoms with E-state index in [2.05, 4.69) is 0 Å². The Balaban J connectivity index is 1.88. The van der Waals surface area contributed by atoms with Gasteiger partial charge in [0.15, 0.2) is 0 Å². The summed E-state index contributed by atoms with van der Waals surface area (Å²) in [4.78, 5) is 15.1. The lowest BCUT2D eigenvalue weighted by atomic mass is 10.1. The standard InChI is InChI=1S/C20H21Cl2N3O2/c1-3-16-17(19(26)24-9-5-4-6-10-24)20-25(23-16)18(12(2)27-20)14-8-7-13(21)11-15(14)22/h7-8,11H,3-6,9-10H2,1-2H3. The van der Waals surface area contributed by atoms with Gasteiger partial charge in [0.1, 0.15) is 17.0 Å². The number of amides is 1. The first kappa shape index (κ1) is 18.4. The molecule has 3 heterocycles. The number of likely N-dealkylation sites (tertiary alicyclic amines) is 1. The Morgan fingerprint density at radius 2 is 1.96 bits per heavy atom. The fourth-order valence-corrected chi connectivity index (χ4v) is 4.23. The van der Waals surface area contributed by atoms with E-state index in [-0.39, 0.29) is 5.91 Å². The van der Waals surface area contributed by atoms with E-state index in [1.165, 1.54) is 6.42 Å². The molecule has 1 amide bonds. The molecule has 2 aromatic heterocycles. The molecule has 5 nitrogen and oxygen atoms in total. The van der Waals surface area contributed by atoms with Gasteiger partial charge < -0.3 is 9.32 Å². The first-order chi connectivity index (χ1) is 13.0. The maximum atomic E-state index is 13.2. The van der Waals surface area contributed by atoms with E-state index < -0.39 is 0 Å². The van der Waals surface area contributed by atoms with Gasteiger partial charge in [-0.3, -0.25) is 4.79 Å². The van der Waals surface area contributed by atoms with Gasteiger partial charge in [-0.2, -0.15) is 9.61 Å². The number of carbonyl (C=O) groups is 1. The predicted octanol–water partition coefficient (Wildman–Crippen LogP) is 5.40.